The fourth-order valence-corrected chi connectivity index (χ4v) is 4.73. The number of methoxy groups -OCH3 is 1. The van der Waals surface area contributed by atoms with Gasteiger partial charge >= 0.3 is 0 Å². The lowest BCUT2D eigenvalue weighted by molar-refractivity contribution is 0.340. The van der Waals surface area contributed by atoms with Crippen LogP contribution in [0.4, 0.5) is 5.69 Å². The van der Waals surface area contributed by atoms with Gasteiger partial charge in [0, 0.05) is 24.9 Å². The maximum Gasteiger partial charge on any atom is 0.243 e. The number of hydrogen-bond donors (Lipinski definition) is 1. The summed E-state index contributed by atoms with van der Waals surface area (Å²) >= 11 is 0. The van der Waals surface area contributed by atoms with Crippen molar-refractivity contribution in [2.45, 2.75) is 31.1 Å². The van der Waals surface area contributed by atoms with Crippen molar-refractivity contribution in [2.24, 2.45) is 4.99 Å². The Kier molecular flexibility index (Phi) is 6.76. The Labute approximate surface area is 171 Å². The van der Waals surface area contributed by atoms with Gasteiger partial charge in [-0.25, -0.2) is 8.42 Å². The van der Waals surface area contributed by atoms with E-state index >= 15 is 0 Å². The van der Waals surface area contributed by atoms with E-state index in [9.17, 15) is 13.5 Å². The van der Waals surface area contributed by atoms with Crippen LogP contribution in [0.5, 0.6) is 17.2 Å². The molecule has 0 aromatic heterocycles. The van der Waals surface area contributed by atoms with Crippen molar-refractivity contribution in [2.75, 3.05) is 26.8 Å². The third-order valence-corrected chi connectivity index (χ3v) is 6.66. The Hall–Kier alpha value is -2.58. The number of nitrogens with zero attached hydrogens (tertiary/aromatic N) is 2. The van der Waals surface area contributed by atoms with E-state index in [-0.39, 0.29) is 10.6 Å². The molecule has 1 N–H and O–H groups in total. The van der Waals surface area contributed by atoms with Gasteiger partial charge in [0.05, 0.1) is 18.6 Å². The molecule has 3 rings (SSSR count). The molecule has 0 saturated carbocycles. The molecular formula is C21H26N2O5S. The molecule has 0 aliphatic carbocycles. The van der Waals surface area contributed by atoms with Crippen molar-refractivity contribution in [3.63, 3.8) is 0 Å². The Bertz CT molecular complexity index is 983. The van der Waals surface area contributed by atoms with Crippen LogP contribution in [0.25, 0.3) is 0 Å². The minimum atomic E-state index is -3.58. The summed E-state index contributed by atoms with van der Waals surface area (Å²) in [6.07, 6.45) is 4.26. The summed E-state index contributed by atoms with van der Waals surface area (Å²) in [5.41, 5.74) is 0.836. The third-order valence-electron chi connectivity index (χ3n) is 4.76. The fourth-order valence-electron chi connectivity index (χ4n) is 3.19. The van der Waals surface area contributed by atoms with Crippen LogP contribution >= 0.6 is 0 Å². The molecule has 0 bridgehead atoms. The second-order valence-electron chi connectivity index (χ2n) is 6.71. The molecule has 2 aromatic carbocycles. The van der Waals surface area contributed by atoms with Gasteiger partial charge in [-0.3, -0.25) is 4.99 Å². The predicted molar refractivity (Wildman–Crippen MR) is 112 cm³/mol. The van der Waals surface area contributed by atoms with Crippen molar-refractivity contribution in [3.05, 3.63) is 42.0 Å². The van der Waals surface area contributed by atoms with Crippen LogP contribution in [0, 0.1) is 0 Å². The molecule has 0 unspecified atom stereocenters. The first-order valence-electron chi connectivity index (χ1n) is 9.63. The van der Waals surface area contributed by atoms with Crippen LogP contribution in [0.3, 0.4) is 0 Å². The van der Waals surface area contributed by atoms with E-state index in [1.165, 1.54) is 29.8 Å². The number of hydrogen-bond acceptors (Lipinski definition) is 6. The first kappa shape index (κ1) is 21.1. The van der Waals surface area contributed by atoms with Gasteiger partial charge in [0.15, 0.2) is 0 Å². The SMILES string of the molecule is CCOc1ccc(S(=O)(=O)N2CCCCC2)cc1N=Cc1cc(OC)ccc1O. The smallest absolute Gasteiger partial charge is 0.243 e. The molecule has 1 fully saturated rings. The molecule has 0 radical (unpaired) electrons. The van der Waals surface area contributed by atoms with Gasteiger partial charge in [0.25, 0.3) is 0 Å². The summed E-state index contributed by atoms with van der Waals surface area (Å²) in [5.74, 6) is 1.10. The van der Waals surface area contributed by atoms with Gasteiger partial charge in [-0.2, -0.15) is 4.31 Å². The first-order chi connectivity index (χ1) is 14.0. The van der Waals surface area contributed by atoms with E-state index in [4.69, 9.17) is 9.47 Å². The Balaban J connectivity index is 1.97. The number of aromatic hydroxyl groups is 1. The van der Waals surface area contributed by atoms with Gasteiger partial charge in [0.1, 0.15) is 22.9 Å². The lowest BCUT2D eigenvalue weighted by atomic mass is 10.2. The zero-order valence-corrected chi connectivity index (χ0v) is 17.5. The Morgan fingerprint density at radius 3 is 2.59 bits per heavy atom. The van der Waals surface area contributed by atoms with Gasteiger partial charge in [-0.15, -0.1) is 0 Å². The van der Waals surface area contributed by atoms with Gasteiger partial charge in [0.2, 0.25) is 10.0 Å². The van der Waals surface area contributed by atoms with Crippen LogP contribution in [0.1, 0.15) is 31.7 Å². The Morgan fingerprint density at radius 2 is 1.90 bits per heavy atom. The monoisotopic (exact) mass is 418 g/mol. The molecule has 0 spiro atoms. The summed E-state index contributed by atoms with van der Waals surface area (Å²) in [6, 6.07) is 9.50. The number of sulfonamides is 1. The maximum atomic E-state index is 13.0. The van der Waals surface area contributed by atoms with Crippen LogP contribution in [-0.2, 0) is 10.0 Å². The van der Waals surface area contributed by atoms with Crippen molar-refractivity contribution in [3.8, 4) is 17.2 Å². The molecule has 1 aliphatic rings. The summed E-state index contributed by atoms with van der Waals surface area (Å²) in [5, 5.41) is 10.1. The van der Waals surface area contributed by atoms with Gasteiger partial charge < -0.3 is 14.6 Å². The largest absolute Gasteiger partial charge is 0.507 e. The molecule has 8 heteroatoms. The molecule has 1 heterocycles. The number of rotatable bonds is 7. The minimum Gasteiger partial charge on any atom is -0.507 e. The van der Waals surface area contributed by atoms with Crippen LogP contribution in [0.2, 0.25) is 0 Å². The molecule has 0 amide bonds. The molecule has 7 nitrogen and oxygen atoms in total. The maximum absolute atomic E-state index is 13.0. The Morgan fingerprint density at radius 1 is 1.14 bits per heavy atom. The first-order valence-corrected chi connectivity index (χ1v) is 11.1. The van der Waals surface area contributed by atoms with Crippen molar-refractivity contribution >= 4 is 21.9 Å². The summed E-state index contributed by atoms with van der Waals surface area (Å²) in [6.45, 7) is 3.34. The van der Waals surface area contributed by atoms with E-state index in [0.717, 1.165) is 19.3 Å². The number of piperidine rings is 1. The quantitative estimate of drug-likeness (QED) is 0.692. The topological polar surface area (TPSA) is 88.4 Å². The number of aliphatic imine (C=N–C) groups is 1. The highest BCUT2D eigenvalue weighted by Gasteiger charge is 2.26. The van der Waals surface area contributed by atoms with E-state index in [1.807, 2.05) is 6.92 Å². The van der Waals surface area contributed by atoms with Crippen LogP contribution in [0.15, 0.2) is 46.3 Å². The average molecular weight is 419 g/mol. The van der Waals surface area contributed by atoms with Crippen LogP contribution in [-0.4, -0.2) is 50.9 Å². The average Bonchev–Trinajstić information content (AvgIpc) is 2.74. The molecule has 1 aliphatic heterocycles. The molecular weight excluding hydrogens is 392 g/mol. The lowest BCUT2D eigenvalue weighted by Crippen LogP contribution is -2.35. The number of ether oxygens (including phenoxy) is 2. The van der Waals surface area contributed by atoms with Gasteiger partial charge in [-0.1, -0.05) is 6.42 Å². The highest BCUT2D eigenvalue weighted by atomic mass is 32.2. The molecule has 1 saturated heterocycles. The van der Waals surface area contributed by atoms with Crippen molar-refractivity contribution in [1.29, 1.82) is 0 Å². The number of benzene rings is 2. The standard InChI is InChI=1S/C21H26N2O5S/c1-3-28-21-10-8-18(29(25,26)23-11-5-4-6-12-23)14-19(21)22-15-16-13-17(27-2)7-9-20(16)24/h7-10,13-15,24H,3-6,11-12H2,1-2H3. The predicted octanol–water partition coefficient (Wildman–Crippen LogP) is 3.72. The number of phenolic OH excluding ortho intramolecular Hbond substituents is 1. The highest BCUT2D eigenvalue weighted by Crippen LogP contribution is 2.33. The van der Waals surface area contributed by atoms with Gasteiger partial charge in [-0.05, 0) is 56.2 Å². The third kappa shape index (κ3) is 4.89. The van der Waals surface area contributed by atoms with Crippen molar-refractivity contribution in [1.82, 2.24) is 4.31 Å². The zero-order chi connectivity index (χ0) is 20.9. The summed E-state index contributed by atoms with van der Waals surface area (Å²) in [4.78, 5) is 4.59. The van der Waals surface area contributed by atoms with E-state index < -0.39 is 10.0 Å². The molecule has 2 aromatic rings. The molecule has 29 heavy (non-hydrogen) atoms. The highest BCUT2D eigenvalue weighted by molar-refractivity contribution is 7.89. The summed E-state index contributed by atoms with van der Waals surface area (Å²) < 4.78 is 38.3. The summed E-state index contributed by atoms with van der Waals surface area (Å²) in [7, 11) is -2.05. The van der Waals surface area contributed by atoms with E-state index in [1.54, 1.807) is 24.3 Å². The van der Waals surface area contributed by atoms with Crippen molar-refractivity contribution < 1.29 is 23.0 Å². The minimum absolute atomic E-state index is 0.0459. The number of phenols is 1. The second kappa shape index (κ2) is 9.28. The zero-order valence-electron chi connectivity index (χ0n) is 16.7. The normalized spacial score (nSPS) is 15.5. The molecule has 156 valence electrons. The van der Waals surface area contributed by atoms with E-state index in [2.05, 4.69) is 4.99 Å². The molecule has 0 atom stereocenters. The fraction of sp³-hybridized carbons (Fsp3) is 0.381. The lowest BCUT2D eigenvalue weighted by Gasteiger charge is -2.26. The van der Waals surface area contributed by atoms with E-state index in [0.29, 0.717) is 42.4 Å². The van der Waals surface area contributed by atoms with Crippen LogP contribution < -0.4 is 9.47 Å². The second-order valence-corrected chi connectivity index (χ2v) is 8.65.